The number of nitrogens with one attached hydrogen (secondary N) is 2. The fourth-order valence-electron chi connectivity index (χ4n) is 2.37. The first kappa shape index (κ1) is 22.4. The number of rotatable bonds is 7. The number of nitrogens with zero attached hydrogens (tertiary/aromatic N) is 3. The van der Waals surface area contributed by atoms with Crippen molar-refractivity contribution in [3.8, 4) is 0 Å². The van der Waals surface area contributed by atoms with Crippen LogP contribution in [0.5, 0.6) is 0 Å². The van der Waals surface area contributed by atoms with Crippen molar-refractivity contribution in [2.24, 2.45) is 9.98 Å². The minimum Gasteiger partial charge on any atom is -0.334 e. The van der Waals surface area contributed by atoms with Crippen molar-refractivity contribution >= 4 is 29.6 Å². The van der Waals surface area contributed by atoms with Crippen LogP contribution in [0, 0.1) is 0 Å². The fraction of sp³-hybridized carbons (Fsp3) is 0.667. The first-order valence-electron chi connectivity index (χ1n) is 7.92. The summed E-state index contributed by atoms with van der Waals surface area (Å²) in [6.45, 7) is 4.57. The Kier molecular flexibility index (Phi) is 8.48. The van der Waals surface area contributed by atoms with Gasteiger partial charge in [-0.1, -0.05) is 18.2 Å². The third-order valence-corrected chi connectivity index (χ3v) is 3.67. The zero-order valence-corrected chi connectivity index (χ0v) is 15.2. The van der Waals surface area contributed by atoms with Gasteiger partial charge in [-0.25, -0.2) is 4.39 Å². The monoisotopic (exact) mass is 399 g/mol. The first-order valence-corrected chi connectivity index (χ1v) is 8.30. The van der Waals surface area contributed by atoms with Crippen molar-refractivity contribution in [1.29, 1.82) is 0 Å². The molecular weight excluding hydrogens is 378 g/mol. The number of allylic oxidation sites excluding steroid dienone is 1. The van der Waals surface area contributed by atoms with Crippen molar-refractivity contribution < 1.29 is 22.4 Å². The minimum absolute atomic E-state index is 0.0217. The number of likely N-dealkylation sites (N-methyl/N-ethyl adjacent to an activating group) is 1. The van der Waals surface area contributed by atoms with E-state index in [0.717, 1.165) is 11.9 Å². The van der Waals surface area contributed by atoms with Crippen LogP contribution in [0.15, 0.2) is 21.6 Å². The molecular formula is C15H22ClF4N5O. The third-order valence-electron chi connectivity index (χ3n) is 3.58. The highest BCUT2D eigenvalue weighted by Gasteiger charge is 2.41. The Bertz CT molecular complexity index is 567. The van der Waals surface area contributed by atoms with Crippen LogP contribution in [0.2, 0.25) is 0 Å². The molecule has 0 radical (unpaired) electrons. The number of hydrogen-bond donors (Lipinski definition) is 2. The van der Waals surface area contributed by atoms with Gasteiger partial charge in [0.1, 0.15) is 12.3 Å². The predicted octanol–water partition coefficient (Wildman–Crippen LogP) is 1.86. The van der Waals surface area contributed by atoms with Gasteiger partial charge in [0.15, 0.2) is 0 Å². The molecule has 1 unspecified atom stereocenters. The summed E-state index contributed by atoms with van der Waals surface area (Å²) in [7, 11) is 1.15. The maximum atomic E-state index is 13.2. The molecule has 0 aromatic rings. The first-order chi connectivity index (χ1) is 12.1. The lowest BCUT2D eigenvalue weighted by Crippen LogP contribution is -2.56. The topological polar surface area (TPSA) is 69.1 Å². The largest absolute Gasteiger partial charge is 0.449 e. The molecule has 6 nitrogen and oxygen atoms in total. The summed E-state index contributed by atoms with van der Waals surface area (Å²) < 4.78 is 52.9. The number of hydrogen-bond acceptors (Lipinski definition) is 4. The van der Waals surface area contributed by atoms with Gasteiger partial charge in [0, 0.05) is 32.8 Å². The molecule has 0 aromatic heterocycles. The fourth-order valence-corrected chi connectivity index (χ4v) is 2.44. The average molecular weight is 400 g/mol. The van der Waals surface area contributed by atoms with Crippen LogP contribution >= 0.6 is 11.6 Å². The number of alkyl halides is 4. The van der Waals surface area contributed by atoms with Crippen LogP contribution in [0.3, 0.4) is 0 Å². The molecule has 1 saturated heterocycles. The Balaban J connectivity index is 2.97. The van der Waals surface area contributed by atoms with Gasteiger partial charge >= 0.3 is 6.18 Å². The molecule has 11 heteroatoms. The molecule has 1 rings (SSSR count). The lowest BCUT2D eigenvalue weighted by atomic mass is 10.2. The number of halogens is 5. The van der Waals surface area contributed by atoms with Crippen LogP contribution in [-0.4, -0.2) is 74.1 Å². The second-order valence-corrected chi connectivity index (χ2v) is 6.15. The number of carbonyl (C=O) groups excluding carboxylic acids is 1. The molecule has 2 N–H and O–H groups in total. The van der Waals surface area contributed by atoms with E-state index in [1.807, 2.05) is 0 Å². The summed E-state index contributed by atoms with van der Waals surface area (Å²) in [6, 6.07) is -0.815. The zero-order valence-electron chi connectivity index (χ0n) is 14.5. The molecule has 1 amide bonds. The van der Waals surface area contributed by atoms with Gasteiger partial charge in [-0.05, 0) is 6.92 Å². The lowest BCUT2D eigenvalue weighted by molar-refractivity contribution is -0.124. The van der Waals surface area contributed by atoms with E-state index < -0.39 is 36.3 Å². The molecule has 3 atom stereocenters. The van der Waals surface area contributed by atoms with Crippen LogP contribution in [-0.2, 0) is 4.79 Å². The van der Waals surface area contributed by atoms with E-state index in [1.165, 1.54) is 13.1 Å². The van der Waals surface area contributed by atoms with Gasteiger partial charge in [-0.15, -0.1) is 0 Å². The summed E-state index contributed by atoms with van der Waals surface area (Å²) in [6.07, 6.45) is -5.90. The van der Waals surface area contributed by atoms with E-state index in [2.05, 4.69) is 27.2 Å². The molecule has 0 aromatic carbocycles. The number of amidine groups is 1. The van der Waals surface area contributed by atoms with E-state index in [1.54, 1.807) is 0 Å². The van der Waals surface area contributed by atoms with Crippen molar-refractivity contribution in [1.82, 2.24) is 15.5 Å². The van der Waals surface area contributed by atoms with E-state index in [4.69, 9.17) is 11.6 Å². The second kappa shape index (κ2) is 9.86. The summed E-state index contributed by atoms with van der Waals surface area (Å²) in [4.78, 5) is 20.4. The van der Waals surface area contributed by atoms with Gasteiger partial charge in [0.25, 0.3) is 0 Å². The van der Waals surface area contributed by atoms with Crippen molar-refractivity contribution in [3.05, 3.63) is 11.6 Å². The SMILES string of the molecule is C=C(Cl)C=NCC(NC(=O)[C@@H]1C[C@@H](F)CN1)N(C)C(=NCC)C(F)(F)F. The lowest BCUT2D eigenvalue weighted by Gasteiger charge is -2.32. The molecule has 0 saturated carbocycles. The van der Waals surface area contributed by atoms with Gasteiger partial charge in [0.2, 0.25) is 11.7 Å². The molecule has 1 aliphatic heterocycles. The van der Waals surface area contributed by atoms with E-state index in [-0.39, 0.29) is 31.1 Å². The van der Waals surface area contributed by atoms with Crippen molar-refractivity contribution in [2.75, 3.05) is 26.7 Å². The van der Waals surface area contributed by atoms with Crippen LogP contribution < -0.4 is 10.6 Å². The van der Waals surface area contributed by atoms with E-state index in [0.29, 0.717) is 0 Å². The van der Waals surface area contributed by atoms with E-state index in [9.17, 15) is 22.4 Å². The molecule has 1 aliphatic rings. The molecule has 148 valence electrons. The zero-order chi connectivity index (χ0) is 19.9. The number of amides is 1. The van der Waals surface area contributed by atoms with Gasteiger partial charge in [-0.3, -0.25) is 14.8 Å². The Labute approximate surface area is 154 Å². The Hall–Kier alpha value is -1.68. The maximum absolute atomic E-state index is 13.2. The van der Waals surface area contributed by atoms with Crippen LogP contribution in [0.25, 0.3) is 0 Å². The Morgan fingerprint density at radius 2 is 2.19 bits per heavy atom. The molecule has 0 aliphatic carbocycles. The highest BCUT2D eigenvalue weighted by Crippen LogP contribution is 2.21. The van der Waals surface area contributed by atoms with Gasteiger partial charge in [0.05, 0.1) is 17.6 Å². The Morgan fingerprint density at radius 1 is 1.54 bits per heavy atom. The second-order valence-electron chi connectivity index (χ2n) is 5.67. The van der Waals surface area contributed by atoms with Crippen LogP contribution in [0.1, 0.15) is 13.3 Å². The van der Waals surface area contributed by atoms with Crippen molar-refractivity contribution in [3.63, 3.8) is 0 Å². The van der Waals surface area contributed by atoms with Gasteiger partial charge in [-0.2, -0.15) is 13.2 Å². The predicted molar refractivity (Wildman–Crippen MR) is 93.4 cm³/mol. The van der Waals surface area contributed by atoms with Crippen LogP contribution in [0.4, 0.5) is 17.6 Å². The molecule has 1 fully saturated rings. The molecule has 1 heterocycles. The summed E-state index contributed by atoms with van der Waals surface area (Å²) in [5, 5.41) is 5.22. The summed E-state index contributed by atoms with van der Waals surface area (Å²) in [5.74, 6) is -1.76. The Morgan fingerprint density at radius 3 is 2.65 bits per heavy atom. The normalized spacial score (nSPS) is 22.5. The number of carbonyl (C=O) groups is 1. The minimum atomic E-state index is -4.71. The standard InChI is InChI=1S/C15H22ClF4N5O/c1-4-22-14(15(18,19)20)25(3)12(8-21-6-9(2)16)24-13(26)11-5-10(17)7-23-11/h6,10-12,23H,2,4-5,7-8H2,1,3H3,(H,24,26)/t10-,11+,12?/m1/s1. The number of aliphatic imine (C=N–C) groups is 2. The molecule has 0 spiro atoms. The smallest absolute Gasteiger partial charge is 0.334 e. The summed E-state index contributed by atoms with van der Waals surface area (Å²) in [5.41, 5.74) is 0. The average Bonchev–Trinajstić information content (AvgIpc) is 2.96. The molecule has 0 bridgehead atoms. The van der Waals surface area contributed by atoms with E-state index >= 15 is 0 Å². The third kappa shape index (κ3) is 6.91. The maximum Gasteiger partial charge on any atom is 0.449 e. The highest BCUT2D eigenvalue weighted by atomic mass is 35.5. The highest BCUT2D eigenvalue weighted by molar-refractivity contribution is 6.38. The van der Waals surface area contributed by atoms with Gasteiger partial charge < -0.3 is 15.5 Å². The molecule has 26 heavy (non-hydrogen) atoms. The van der Waals surface area contributed by atoms with Crippen molar-refractivity contribution in [2.45, 2.75) is 37.9 Å². The summed E-state index contributed by atoms with van der Waals surface area (Å²) >= 11 is 5.55. The quantitative estimate of drug-likeness (QED) is 0.297.